The summed E-state index contributed by atoms with van der Waals surface area (Å²) in [7, 11) is 2.15. The van der Waals surface area contributed by atoms with E-state index in [1.165, 1.54) is 12.8 Å². The zero-order valence-electron chi connectivity index (χ0n) is 15.7. The number of carbonyl (C=O) groups excluding carboxylic acids is 1. The summed E-state index contributed by atoms with van der Waals surface area (Å²) in [5.41, 5.74) is 1.38. The number of hydrogen-bond donors (Lipinski definition) is 0. The van der Waals surface area contributed by atoms with Crippen LogP contribution in [-0.4, -0.2) is 44.8 Å². The molecule has 3 heterocycles. The Balaban J connectivity index is 1.44. The van der Waals surface area contributed by atoms with Gasteiger partial charge in [0, 0.05) is 18.9 Å². The van der Waals surface area contributed by atoms with Crippen LogP contribution in [0.4, 0.5) is 0 Å². The Morgan fingerprint density at radius 3 is 2.82 bits per heavy atom. The molecule has 0 aliphatic carbocycles. The van der Waals surface area contributed by atoms with Gasteiger partial charge in [-0.2, -0.15) is 0 Å². The largest absolute Gasteiger partial charge is 0.470 e. The molecule has 7 heteroatoms. The molecule has 7 nitrogen and oxygen atoms in total. The molecular formula is C21H22N4O3. The number of nitrogens with zero attached hydrogens (tertiary/aromatic N) is 4. The van der Waals surface area contributed by atoms with Gasteiger partial charge in [0.05, 0.1) is 5.56 Å². The molecule has 2 aliphatic heterocycles. The molecule has 2 saturated heterocycles. The summed E-state index contributed by atoms with van der Waals surface area (Å²) >= 11 is 0. The van der Waals surface area contributed by atoms with Gasteiger partial charge in [-0.1, -0.05) is 29.1 Å². The molecule has 2 bridgehead atoms. The topological polar surface area (TPSA) is 69.5 Å². The quantitative estimate of drug-likeness (QED) is 0.650. The monoisotopic (exact) mass is 378 g/mol. The van der Waals surface area contributed by atoms with E-state index in [1.807, 2.05) is 24.3 Å². The summed E-state index contributed by atoms with van der Waals surface area (Å²) in [5.74, 6) is 0.192. The molecular weight excluding hydrogens is 356 g/mol. The second-order valence-corrected chi connectivity index (χ2v) is 7.57. The summed E-state index contributed by atoms with van der Waals surface area (Å²) in [6.45, 7) is 0. The molecule has 2 aromatic carbocycles. The van der Waals surface area contributed by atoms with Crippen LogP contribution in [0, 0.1) is 0 Å². The van der Waals surface area contributed by atoms with Gasteiger partial charge in [-0.05, 0) is 55.8 Å². The van der Waals surface area contributed by atoms with E-state index in [-0.39, 0.29) is 5.72 Å². The molecule has 144 valence electrons. The molecule has 1 aromatic heterocycles. The Hall–Kier alpha value is -2.93. The average molecular weight is 378 g/mol. The Morgan fingerprint density at radius 1 is 1.11 bits per heavy atom. The minimum Gasteiger partial charge on any atom is -0.470 e. The van der Waals surface area contributed by atoms with E-state index >= 15 is 0 Å². The smallest absolute Gasteiger partial charge is 0.365 e. The standard InChI is InChI=1S/C21H22N4O3/c1-24-16-9-6-13-21(24,14-12-16)27-18-11-5-10-17-19(18)22-23-25(17)28-20(26)15-7-3-2-4-8-15/h2-5,7-8,10-11,16H,6,9,12-14H2,1H3. The Bertz CT molecular complexity index is 1010. The molecule has 2 atom stereocenters. The maximum Gasteiger partial charge on any atom is 0.365 e. The third-order valence-electron chi connectivity index (χ3n) is 6.05. The number of aromatic nitrogens is 3. The minimum atomic E-state index is -0.483. The molecule has 0 radical (unpaired) electrons. The maximum absolute atomic E-state index is 12.4. The molecule has 0 N–H and O–H groups in total. The number of hydrogen-bond acceptors (Lipinski definition) is 6. The van der Waals surface area contributed by atoms with Crippen molar-refractivity contribution in [3.63, 3.8) is 0 Å². The molecule has 0 saturated carbocycles. The lowest BCUT2D eigenvalue weighted by Gasteiger charge is -2.42. The fraction of sp³-hybridized carbons (Fsp3) is 0.381. The number of rotatable bonds is 4. The number of benzene rings is 2. The van der Waals surface area contributed by atoms with E-state index in [9.17, 15) is 4.79 Å². The minimum absolute atomic E-state index is 0.276. The first kappa shape index (κ1) is 17.2. The SMILES string of the molecule is CN1C2CCCC1(Oc1cccc3c1nnn3OC(=O)c1ccccc1)CC2. The van der Waals surface area contributed by atoms with Crippen LogP contribution in [0.25, 0.3) is 11.0 Å². The van der Waals surface area contributed by atoms with Crippen molar-refractivity contribution in [3.8, 4) is 5.75 Å². The van der Waals surface area contributed by atoms with Crippen LogP contribution in [0.2, 0.25) is 0 Å². The Labute approximate surface area is 162 Å². The Morgan fingerprint density at radius 2 is 1.96 bits per heavy atom. The second-order valence-electron chi connectivity index (χ2n) is 7.57. The zero-order chi connectivity index (χ0) is 19.1. The lowest BCUT2D eigenvalue weighted by Crippen LogP contribution is -2.51. The first-order chi connectivity index (χ1) is 13.7. The van der Waals surface area contributed by atoms with Crippen LogP contribution in [0.3, 0.4) is 0 Å². The molecule has 0 spiro atoms. The molecule has 2 unspecified atom stereocenters. The lowest BCUT2D eigenvalue weighted by atomic mass is 10.0. The molecule has 2 aliphatic rings. The van der Waals surface area contributed by atoms with Crippen LogP contribution in [0.1, 0.15) is 42.5 Å². The summed E-state index contributed by atoms with van der Waals surface area (Å²) in [6.07, 6.45) is 5.59. The van der Waals surface area contributed by atoms with E-state index in [0.29, 0.717) is 28.4 Å². The number of piperidine rings is 1. The predicted octanol–water partition coefficient (Wildman–Crippen LogP) is 3.05. The van der Waals surface area contributed by atoms with Gasteiger partial charge < -0.3 is 9.57 Å². The van der Waals surface area contributed by atoms with Crippen molar-refractivity contribution in [2.24, 2.45) is 0 Å². The van der Waals surface area contributed by atoms with Gasteiger partial charge in [-0.3, -0.25) is 4.90 Å². The van der Waals surface area contributed by atoms with Crippen LogP contribution in [0.5, 0.6) is 5.75 Å². The summed E-state index contributed by atoms with van der Waals surface area (Å²) in [6, 6.07) is 15.0. The maximum atomic E-state index is 12.4. The highest BCUT2D eigenvalue weighted by Gasteiger charge is 2.49. The van der Waals surface area contributed by atoms with E-state index in [1.54, 1.807) is 24.3 Å². The van der Waals surface area contributed by atoms with Crippen molar-refractivity contribution in [3.05, 3.63) is 54.1 Å². The van der Waals surface area contributed by atoms with Gasteiger partial charge in [0.15, 0.2) is 17.0 Å². The van der Waals surface area contributed by atoms with Gasteiger partial charge >= 0.3 is 5.97 Å². The third-order valence-corrected chi connectivity index (χ3v) is 6.05. The van der Waals surface area contributed by atoms with Crippen molar-refractivity contribution < 1.29 is 14.4 Å². The fourth-order valence-electron chi connectivity index (χ4n) is 4.48. The highest BCUT2D eigenvalue weighted by Crippen LogP contribution is 2.44. The lowest BCUT2D eigenvalue weighted by molar-refractivity contribution is -0.0815. The van der Waals surface area contributed by atoms with E-state index in [2.05, 4.69) is 22.3 Å². The normalized spacial score (nSPS) is 24.4. The van der Waals surface area contributed by atoms with Gasteiger partial charge in [0.25, 0.3) is 0 Å². The van der Waals surface area contributed by atoms with Crippen LogP contribution in [0.15, 0.2) is 48.5 Å². The van der Waals surface area contributed by atoms with Crippen LogP contribution >= 0.6 is 0 Å². The van der Waals surface area contributed by atoms with Crippen molar-refractivity contribution in [2.75, 3.05) is 7.05 Å². The van der Waals surface area contributed by atoms with Crippen LogP contribution in [-0.2, 0) is 0 Å². The summed E-state index contributed by atoms with van der Waals surface area (Å²) < 4.78 is 6.53. The average Bonchev–Trinajstić information content (AvgIpc) is 3.17. The number of carbonyl (C=O) groups is 1. The van der Waals surface area contributed by atoms with Gasteiger partial charge in [0.1, 0.15) is 5.52 Å². The van der Waals surface area contributed by atoms with Gasteiger partial charge in [0.2, 0.25) is 0 Å². The molecule has 0 amide bonds. The molecule has 5 rings (SSSR count). The summed E-state index contributed by atoms with van der Waals surface area (Å²) in [5, 5.41) is 8.25. The first-order valence-corrected chi connectivity index (χ1v) is 9.70. The molecule has 2 fully saturated rings. The predicted molar refractivity (Wildman–Crippen MR) is 103 cm³/mol. The molecule has 28 heavy (non-hydrogen) atoms. The van der Waals surface area contributed by atoms with Gasteiger partial charge in [-0.25, -0.2) is 4.79 Å². The highest BCUT2D eigenvalue weighted by molar-refractivity contribution is 5.90. The van der Waals surface area contributed by atoms with Crippen molar-refractivity contribution >= 4 is 17.0 Å². The summed E-state index contributed by atoms with van der Waals surface area (Å²) in [4.78, 5) is 21.3. The highest BCUT2D eigenvalue weighted by atomic mass is 16.7. The Kier molecular flexibility index (Phi) is 4.05. The number of fused-ring (bicyclic) bond motifs is 3. The fourth-order valence-corrected chi connectivity index (χ4v) is 4.48. The van der Waals surface area contributed by atoms with Gasteiger partial charge in [-0.15, -0.1) is 5.10 Å². The van der Waals surface area contributed by atoms with E-state index in [4.69, 9.17) is 9.57 Å². The van der Waals surface area contributed by atoms with Crippen LogP contribution < -0.4 is 9.57 Å². The first-order valence-electron chi connectivity index (χ1n) is 9.70. The zero-order valence-corrected chi connectivity index (χ0v) is 15.7. The van der Waals surface area contributed by atoms with Crippen molar-refractivity contribution in [1.82, 2.24) is 20.1 Å². The second kappa shape index (κ2) is 6.60. The molecule has 3 aromatic rings. The van der Waals surface area contributed by atoms with Crippen molar-refractivity contribution in [2.45, 2.75) is 43.9 Å². The third kappa shape index (κ3) is 2.74. The number of ether oxygens (including phenoxy) is 1. The van der Waals surface area contributed by atoms with E-state index < -0.39 is 5.97 Å². The van der Waals surface area contributed by atoms with E-state index in [0.717, 1.165) is 24.1 Å². The van der Waals surface area contributed by atoms with Crippen molar-refractivity contribution in [1.29, 1.82) is 0 Å².